The van der Waals surface area contributed by atoms with E-state index < -0.39 is 0 Å². The van der Waals surface area contributed by atoms with Gasteiger partial charge in [0.15, 0.2) is 5.79 Å². The van der Waals surface area contributed by atoms with Crippen molar-refractivity contribution in [2.75, 3.05) is 12.4 Å². The summed E-state index contributed by atoms with van der Waals surface area (Å²) in [5, 5.41) is 0. The molecule has 54 valence electrons. The van der Waals surface area contributed by atoms with E-state index in [1.165, 1.54) is 0 Å². The Labute approximate surface area is 60.9 Å². The lowest BCUT2D eigenvalue weighted by Crippen LogP contribution is -2.21. The van der Waals surface area contributed by atoms with Gasteiger partial charge in [0, 0.05) is 5.75 Å². The summed E-state index contributed by atoms with van der Waals surface area (Å²) in [6.07, 6.45) is 0.184. The Kier molecular flexibility index (Phi) is 2.03. The van der Waals surface area contributed by atoms with Gasteiger partial charge in [-0.05, 0) is 13.8 Å². The molecule has 1 saturated heterocycles. The van der Waals surface area contributed by atoms with Crippen LogP contribution in [0.1, 0.15) is 13.8 Å². The predicted octanol–water partition coefficient (Wildman–Crippen LogP) is 1.07. The van der Waals surface area contributed by atoms with E-state index >= 15 is 0 Å². The molecule has 0 spiro atoms. The summed E-state index contributed by atoms with van der Waals surface area (Å²) in [6, 6.07) is 0. The Morgan fingerprint density at radius 2 is 2.33 bits per heavy atom. The maximum absolute atomic E-state index is 5.40. The van der Waals surface area contributed by atoms with Crippen molar-refractivity contribution in [3.8, 4) is 0 Å². The summed E-state index contributed by atoms with van der Waals surface area (Å²) in [5.41, 5.74) is 0. The highest BCUT2D eigenvalue weighted by Gasteiger charge is 2.31. The van der Waals surface area contributed by atoms with E-state index in [4.69, 9.17) is 9.47 Å². The zero-order valence-corrected chi connectivity index (χ0v) is 6.65. The highest BCUT2D eigenvalue weighted by molar-refractivity contribution is 7.80. The van der Waals surface area contributed by atoms with Crippen molar-refractivity contribution < 1.29 is 9.47 Å². The molecule has 0 aromatic carbocycles. The van der Waals surface area contributed by atoms with Crippen LogP contribution >= 0.6 is 12.6 Å². The average Bonchev–Trinajstić information content (AvgIpc) is 2.10. The second kappa shape index (κ2) is 2.48. The third kappa shape index (κ3) is 1.85. The predicted molar refractivity (Wildman–Crippen MR) is 38.8 cm³/mol. The van der Waals surface area contributed by atoms with E-state index in [9.17, 15) is 0 Å². The lowest BCUT2D eigenvalue weighted by Gasteiger charge is -2.15. The monoisotopic (exact) mass is 148 g/mol. The Morgan fingerprint density at radius 3 is 2.56 bits per heavy atom. The Bertz CT molecular complexity index is 103. The normalized spacial score (nSPS) is 33.0. The van der Waals surface area contributed by atoms with Gasteiger partial charge >= 0.3 is 0 Å². The highest BCUT2D eigenvalue weighted by Crippen LogP contribution is 2.22. The van der Waals surface area contributed by atoms with Crippen LogP contribution in [0.4, 0.5) is 0 Å². The summed E-state index contributed by atoms with van der Waals surface area (Å²) in [5.74, 6) is 0.358. The maximum Gasteiger partial charge on any atom is 0.163 e. The van der Waals surface area contributed by atoms with Crippen LogP contribution in [0.5, 0.6) is 0 Å². The zero-order valence-electron chi connectivity index (χ0n) is 5.76. The highest BCUT2D eigenvalue weighted by atomic mass is 32.1. The number of hydrogen-bond acceptors (Lipinski definition) is 3. The lowest BCUT2D eigenvalue weighted by molar-refractivity contribution is -0.135. The molecule has 0 aliphatic carbocycles. The van der Waals surface area contributed by atoms with Crippen molar-refractivity contribution in [3.05, 3.63) is 0 Å². The third-order valence-corrected chi connectivity index (χ3v) is 1.68. The Morgan fingerprint density at radius 1 is 1.67 bits per heavy atom. The fourth-order valence-corrected chi connectivity index (χ4v) is 1.03. The van der Waals surface area contributed by atoms with Gasteiger partial charge < -0.3 is 9.47 Å². The molecule has 0 amide bonds. The van der Waals surface area contributed by atoms with Crippen LogP contribution in [0.15, 0.2) is 0 Å². The SMILES string of the molecule is CC1(C)OCC(CS)O1. The van der Waals surface area contributed by atoms with Crippen molar-refractivity contribution in [2.24, 2.45) is 0 Å². The summed E-state index contributed by atoms with van der Waals surface area (Å²) in [4.78, 5) is 0. The molecular weight excluding hydrogens is 136 g/mol. The number of thiol groups is 1. The van der Waals surface area contributed by atoms with Crippen LogP contribution in [-0.2, 0) is 9.47 Å². The van der Waals surface area contributed by atoms with E-state index in [0.29, 0.717) is 6.61 Å². The van der Waals surface area contributed by atoms with Crippen molar-refractivity contribution in [2.45, 2.75) is 25.7 Å². The zero-order chi connectivity index (χ0) is 6.91. The molecule has 1 rings (SSSR count). The van der Waals surface area contributed by atoms with Crippen LogP contribution in [0, 0.1) is 0 Å². The minimum atomic E-state index is -0.382. The Balaban J connectivity index is 2.38. The first-order valence-corrected chi connectivity index (χ1v) is 3.70. The molecule has 1 atom stereocenters. The first-order chi connectivity index (χ1) is 4.14. The molecule has 0 bridgehead atoms. The van der Waals surface area contributed by atoms with Gasteiger partial charge in [0.1, 0.15) is 0 Å². The van der Waals surface area contributed by atoms with Crippen LogP contribution in [0.2, 0.25) is 0 Å². The minimum absolute atomic E-state index is 0.184. The summed E-state index contributed by atoms with van der Waals surface area (Å²) in [7, 11) is 0. The van der Waals surface area contributed by atoms with Gasteiger partial charge in [-0.3, -0.25) is 0 Å². The number of rotatable bonds is 1. The molecule has 0 radical (unpaired) electrons. The summed E-state index contributed by atoms with van der Waals surface area (Å²) in [6.45, 7) is 4.50. The smallest absolute Gasteiger partial charge is 0.163 e. The molecule has 1 heterocycles. The van der Waals surface area contributed by atoms with Crippen molar-refractivity contribution >= 4 is 12.6 Å². The molecule has 1 aliphatic rings. The second-order valence-electron chi connectivity index (χ2n) is 2.63. The van der Waals surface area contributed by atoms with Gasteiger partial charge in [-0.1, -0.05) is 0 Å². The molecule has 0 N–H and O–H groups in total. The minimum Gasteiger partial charge on any atom is -0.348 e. The van der Waals surface area contributed by atoms with E-state index in [2.05, 4.69) is 12.6 Å². The third-order valence-electron chi connectivity index (χ3n) is 1.27. The Hall–Kier alpha value is 0.270. The van der Waals surface area contributed by atoms with Gasteiger partial charge in [0.25, 0.3) is 0 Å². The molecule has 2 nitrogen and oxygen atoms in total. The van der Waals surface area contributed by atoms with Crippen LogP contribution < -0.4 is 0 Å². The standard InChI is InChI=1S/C6H12O2S/c1-6(2)7-3-5(4-9)8-6/h5,9H,3-4H2,1-2H3. The summed E-state index contributed by atoms with van der Waals surface area (Å²) >= 11 is 4.09. The molecule has 9 heavy (non-hydrogen) atoms. The number of hydrogen-bond donors (Lipinski definition) is 1. The van der Waals surface area contributed by atoms with E-state index in [-0.39, 0.29) is 11.9 Å². The molecule has 3 heteroatoms. The maximum atomic E-state index is 5.40. The van der Waals surface area contributed by atoms with E-state index in [0.717, 1.165) is 5.75 Å². The quantitative estimate of drug-likeness (QED) is 0.561. The van der Waals surface area contributed by atoms with E-state index in [1.54, 1.807) is 0 Å². The molecule has 0 saturated carbocycles. The topological polar surface area (TPSA) is 18.5 Å². The molecule has 1 unspecified atom stereocenters. The first-order valence-electron chi connectivity index (χ1n) is 3.07. The van der Waals surface area contributed by atoms with Crippen LogP contribution in [-0.4, -0.2) is 24.3 Å². The van der Waals surface area contributed by atoms with Crippen LogP contribution in [0.3, 0.4) is 0 Å². The number of ether oxygens (including phenoxy) is 2. The average molecular weight is 148 g/mol. The van der Waals surface area contributed by atoms with Gasteiger partial charge in [-0.2, -0.15) is 12.6 Å². The van der Waals surface area contributed by atoms with Crippen molar-refractivity contribution in [3.63, 3.8) is 0 Å². The van der Waals surface area contributed by atoms with Gasteiger partial charge in [-0.15, -0.1) is 0 Å². The fourth-order valence-electron chi connectivity index (χ4n) is 0.853. The molecular formula is C6H12O2S. The van der Waals surface area contributed by atoms with Gasteiger partial charge in [0.2, 0.25) is 0 Å². The largest absolute Gasteiger partial charge is 0.348 e. The summed E-state index contributed by atoms with van der Waals surface area (Å²) < 4.78 is 10.7. The first kappa shape index (κ1) is 7.38. The lowest BCUT2D eigenvalue weighted by atomic mass is 10.4. The van der Waals surface area contributed by atoms with E-state index in [1.807, 2.05) is 13.8 Å². The molecule has 1 fully saturated rings. The molecule has 0 aromatic rings. The fraction of sp³-hybridized carbons (Fsp3) is 1.00. The van der Waals surface area contributed by atoms with Crippen molar-refractivity contribution in [1.82, 2.24) is 0 Å². The van der Waals surface area contributed by atoms with Gasteiger partial charge in [-0.25, -0.2) is 0 Å². The van der Waals surface area contributed by atoms with Crippen LogP contribution in [0.25, 0.3) is 0 Å². The second-order valence-corrected chi connectivity index (χ2v) is 3.00. The molecule has 0 aromatic heterocycles. The van der Waals surface area contributed by atoms with Crippen molar-refractivity contribution in [1.29, 1.82) is 0 Å². The van der Waals surface area contributed by atoms with Gasteiger partial charge in [0.05, 0.1) is 12.7 Å². The molecule has 1 aliphatic heterocycles.